The minimum atomic E-state index is -3.49. The van der Waals surface area contributed by atoms with Gasteiger partial charge in [-0.2, -0.15) is 0 Å². The molecule has 96 valence electrons. The SMILES string of the molecule is O=S(=O)(CCc1ccncc1)NC(CO)CO. The molecule has 0 aliphatic rings. The number of aromatic nitrogens is 1. The lowest BCUT2D eigenvalue weighted by atomic mass is 10.2. The van der Waals surface area contributed by atoms with Crippen molar-refractivity contribution in [1.29, 1.82) is 0 Å². The van der Waals surface area contributed by atoms with E-state index in [1.807, 2.05) is 0 Å². The van der Waals surface area contributed by atoms with Crippen LogP contribution in [0.1, 0.15) is 5.56 Å². The van der Waals surface area contributed by atoms with E-state index in [2.05, 4.69) is 9.71 Å². The molecule has 0 aliphatic heterocycles. The van der Waals surface area contributed by atoms with Crippen LogP contribution in [0.5, 0.6) is 0 Å². The second kappa shape index (κ2) is 6.65. The van der Waals surface area contributed by atoms with Gasteiger partial charge in [0.05, 0.1) is 25.0 Å². The number of hydrogen-bond donors (Lipinski definition) is 3. The molecule has 17 heavy (non-hydrogen) atoms. The van der Waals surface area contributed by atoms with Gasteiger partial charge in [-0.25, -0.2) is 13.1 Å². The van der Waals surface area contributed by atoms with E-state index in [1.165, 1.54) is 0 Å². The van der Waals surface area contributed by atoms with Crippen molar-refractivity contribution in [3.8, 4) is 0 Å². The zero-order chi connectivity index (χ0) is 12.7. The maximum atomic E-state index is 11.6. The number of aryl methyl sites for hydroxylation is 1. The van der Waals surface area contributed by atoms with Crippen molar-refractivity contribution < 1.29 is 18.6 Å². The Bertz CT molecular complexity index is 417. The van der Waals surface area contributed by atoms with E-state index < -0.39 is 29.3 Å². The van der Waals surface area contributed by atoms with Crippen LogP contribution in [0.15, 0.2) is 24.5 Å². The lowest BCUT2D eigenvalue weighted by molar-refractivity contribution is 0.185. The molecule has 0 saturated carbocycles. The van der Waals surface area contributed by atoms with Crippen molar-refractivity contribution in [3.63, 3.8) is 0 Å². The lowest BCUT2D eigenvalue weighted by Crippen LogP contribution is -2.41. The second-order valence-electron chi connectivity index (χ2n) is 3.60. The minimum Gasteiger partial charge on any atom is -0.395 e. The van der Waals surface area contributed by atoms with Gasteiger partial charge in [0, 0.05) is 12.4 Å². The number of hydrogen-bond acceptors (Lipinski definition) is 5. The number of sulfonamides is 1. The van der Waals surface area contributed by atoms with Gasteiger partial charge in [-0.3, -0.25) is 4.98 Å². The van der Waals surface area contributed by atoms with Crippen molar-refractivity contribution in [1.82, 2.24) is 9.71 Å². The normalized spacial score (nSPS) is 11.9. The molecule has 1 aromatic rings. The summed E-state index contributed by atoms with van der Waals surface area (Å²) in [6.07, 6.45) is 3.56. The Kier molecular flexibility index (Phi) is 5.49. The van der Waals surface area contributed by atoms with E-state index >= 15 is 0 Å². The Hall–Kier alpha value is -1.02. The van der Waals surface area contributed by atoms with Crippen LogP contribution in [0.2, 0.25) is 0 Å². The first-order chi connectivity index (χ1) is 8.07. The zero-order valence-corrected chi connectivity index (χ0v) is 10.1. The molecule has 0 spiro atoms. The highest BCUT2D eigenvalue weighted by Gasteiger charge is 2.16. The molecule has 1 heterocycles. The van der Waals surface area contributed by atoms with Crippen molar-refractivity contribution in [2.45, 2.75) is 12.5 Å². The summed E-state index contributed by atoms with van der Waals surface area (Å²) >= 11 is 0. The monoisotopic (exact) mass is 260 g/mol. The second-order valence-corrected chi connectivity index (χ2v) is 5.48. The average molecular weight is 260 g/mol. The summed E-state index contributed by atoms with van der Waals surface area (Å²) in [5.41, 5.74) is 0.870. The highest BCUT2D eigenvalue weighted by Crippen LogP contribution is 2.00. The largest absolute Gasteiger partial charge is 0.395 e. The van der Waals surface area contributed by atoms with Gasteiger partial charge in [0.2, 0.25) is 10.0 Å². The van der Waals surface area contributed by atoms with Gasteiger partial charge in [-0.05, 0) is 24.1 Å². The molecule has 0 aliphatic carbocycles. The van der Waals surface area contributed by atoms with Gasteiger partial charge in [0.1, 0.15) is 0 Å². The summed E-state index contributed by atoms with van der Waals surface area (Å²) in [6.45, 7) is -0.851. The summed E-state index contributed by atoms with van der Waals surface area (Å²) in [7, 11) is -3.49. The minimum absolute atomic E-state index is 0.0898. The van der Waals surface area contributed by atoms with E-state index in [1.54, 1.807) is 24.5 Å². The van der Waals surface area contributed by atoms with Gasteiger partial charge in [-0.15, -0.1) is 0 Å². The first-order valence-corrected chi connectivity index (χ1v) is 6.83. The molecule has 0 aromatic carbocycles. The lowest BCUT2D eigenvalue weighted by Gasteiger charge is -2.13. The maximum absolute atomic E-state index is 11.6. The molecule has 0 unspecified atom stereocenters. The topological polar surface area (TPSA) is 99.5 Å². The van der Waals surface area contributed by atoms with Crippen LogP contribution in [-0.2, 0) is 16.4 Å². The van der Waals surface area contributed by atoms with Gasteiger partial charge in [0.15, 0.2) is 0 Å². The van der Waals surface area contributed by atoms with Crippen LogP contribution in [0.3, 0.4) is 0 Å². The summed E-state index contributed by atoms with van der Waals surface area (Å²) in [4.78, 5) is 3.83. The Labute approximate surface area is 100 Å². The fourth-order valence-electron chi connectivity index (χ4n) is 1.25. The highest BCUT2D eigenvalue weighted by atomic mass is 32.2. The molecule has 1 rings (SSSR count). The molecule has 0 bridgehead atoms. The Balaban J connectivity index is 2.50. The molecule has 0 radical (unpaired) electrons. The maximum Gasteiger partial charge on any atom is 0.212 e. The van der Waals surface area contributed by atoms with Crippen LogP contribution in [0, 0.1) is 0 Å². The number of rotatable bonds is 7. The average Bonchev–Trinajstić information content (AvgIpc) is 2.35. The fraction of sp³-hybridized carbons (Fsp3) is 0.500. The Morgan fingerprint density at radius 2 is 1.82 bits per heavy atom. The summed E-state index contributed by atoms with van der Waals surface area (Å²) in [6, 6.07) is 2.65. The predicted molar refractivity (Wildman–Crippen MR) is 62.8 cm³/mol. The quantitative estimate of drug-likeness (QED) is 0.577. The number of nitrogens with one attached hydrogen (secondary N) is 1. The van der Waals surface area contributed by atoms with E-state index in [0.29, 0.717) is 6.42 Å². The smallest absolute Gasteiger partial charge is 0.212 e. The highest BCUT2D eigenvalue weighted by molar-refractivity contribution is 7.89. The molecule has 7 heteroatoms. The van der Waals surface area contributed by atoms with Gasteiger partial charge in [-0.1, -0.05) is 0 Å². The van der Waals surface area contributed by atoms with Crippen molar-refractivity contribution >= 4 is 10.0 Å². The predicted octanol–water partition coefficient (Wildman–Crippen LogP) is -1.10. The molecule has 0 atom stereocenters. The first kappa shape index (κ1) is 14.0. The van der Waals surface area contributed by atoms with E-state index in [0.717, 1.165) is 5.56 Å². The third-order valence-corrected chi connectivity index (χ3v) is 3.63. The Morgan fingerprint density at radius 1 is 1.24 bits per heavy atom. The Morgan fingerprint density at radius 3 is 2.35 bits per heavy atom. The van der Waals surface area contributed by atoms with Crippen molar-refractivity contribution in [3.05, 3.63) is 30.1 Å². The van der Waals surface area contributed by atoms with E-state index in [4.69, 9.17) is 10.2 Å². The van der Waals surface area contributed by atoms with Crippen molar-refractivity contribution in [2.75, 3.05) is 19.0 Å². The van der Waals surface area contributed by atoms with Crippen LogP contribution in [0.25, 0.3) is 0 Å². The van der Waals surface area contributed by atoms with Crippen LogP contribution in [0.4, 0.5) is 0 Å². The molecule has 1 aromatic heterocycles. The summed E-state index contributed by atoms with van der Waals surface area (Å²) in [5.74, 6) is -0.0898. The van der Waals surface area contributed by atoms with Crippen LogP contribution in [-0.4, -0.2) is 48.6 Å². The molecule has 3 N–H and O–H groups in total. The van der Waals surface area contributed by atoms with E-state index in [9.17, 15) is 8.42 Å². The van der Waals surface area contributed by atoms with Gasteiger partial charge >= 0.3 is 0 Å². The summed E-state index contributed by atoms with van der Waals surface area (Å²) in [5, 5.41) is 17.6. The standard InChI is InChI=1S/C10H16N2O4S/c13-7-10(8-14)12-17(15,16)6-3-9-1-4-11-5-2-9/h1-2,4-5,10,12-14H,3,6-8H2. The van der Waals surface area contributed by atoms with Crippen molar-refractivity contribution in [2.24, 2.45) is 0 Å². The van der Waals surface area contributed by atoms with Crippen LogP contribution >= 0.6 is 0 Å². The summed E-state index contributed by atoms with van der Waals surface area (Å²) < 4.78 is 25.4. The molecule has 6 nitrogen and oxygen atoms in total. The van der Waals surface area contributed by atoms with Crippen LogP contribution < -0.4 is 4.72 Å². The number of aliphatic hydroxyl groups excluding tert-OH is 2. The molecule has 0 fully saturated rings. The number of pyridine rings is 1. The first-order valence-electron chi connectivity index (χ1n) is 5.18. The third-order valence-electron chi connectivity index (χ3n) is 2.20. The third kappa shape index (κ3) is 5.22. The van der Waals surface area contributed by atoms with E-state index in [-0.39, 0.29) is 5.75 Å². The van der Waals surface area contributed by atoms with Gasteiger partial charge in [0.25, 0.3) is 0 Å². The molecule has 0 amide bonds. The zero-order valence-electron chi connectivity index (χ0n) is 9.28. The fourth-order valence-corrected chi connectivity index (χ4v) is 2.53. The molecular weight excluding hydrogens is 244 g/mol. The molecule has 0 saturated heterocycles. The van der Waals surface area contributed by atoms with Gasteiger partial charge < -0.3 is 10.2 Å². The number of aliphatic hydroxyl groups is 2. The number of nitrogens with zero attached hydrogens (tertiary/aromatic N) is 1. The molecular formula is C10H16N2O4S.